The van der Waals surface area contributed by atoms with Gasteiger partial charge in [-0.05, 0) is 31.9 Å². The van der Waals surface area contributed by atoms with Gasteiger partial charge in [-0.15, -0.1) is 11.3 Å². The molecule has 0 bridgehead atoms. The number of rotatable bonds is 2. The van der Waals surface area contributed by atoms with Gasteiger partial charge >= 0.3 is 0 Å². The van der Waals surface area contributed by atoms with Crippen LogP contribution in [0.4, 0.5) is 5.00 Å². The Morgan fingerprint density at radius 3 is 2.84 bits per heavy atom. The molecular weight excluding hydrogens is 264 g/mol. The van der Waals surface area contributed by atoms with Crippen LogP contribution in [0.3, 0.4) is 0 Å². The third-order valence-electron chi connectivity index (χ3n) is 3.08. The van der Waals surface area contributed by atoms with Gasteiger partial charge < -0.3 is 15.3 Å². The Bertz CT molecular complexity index is 496. The van der Waals surface area contributed by atoms with Crippen molar-refractivity contribution >= 4 is 28.2 Å². The molecule has 2 rings (SSSR count). The summed E-state index contributed by atoms with van der Waals surface area (Å²) in [5, 5.41) is 13.3. The van der Waals surface area contributed by atoms with Crippen molar-refractivity contribution in [1.29, 1.82) is 0 Å². The fraction of sp³-hybridized carbons (Fsp3) is 0.538. The highest BCUT2D eigenvalue weighted by Gasteiger charge is 2.31. The van der Waals surface area contributed by atoms with Crippen LogP contribution >= 0.6 is 11.3 Å². The number of nitrogens with one attached hydrogen (secondary N) is 1. The smallest absolute Gasteiger partial charge is 0.264 e. The SMILES string of the molecule is CC(=O)Nc1ccc(C(=O)N2CCCC(C)(O)C2)s1. The van der Waals surface area contributed by atoms with Gasteiger partial charge in [0.1, 0.15) is 0 Å². The molecule has 1 aliphatic rings. The number of carbonyl (C=O) groups excluding carboxylic acids is 2. The number of piperidine rings is 1. The second-order valence-electron chi connectivity index (χ2n) is 5.17. The van der Waals surface area contributed by atoms with Crippen LogP contribution in [-0.4, -0.2) is 40.5 Å². The second kappa shape index (κ2) is 5.30. The minimum Gasteiger partial charge on any atom is -0.388 e. The Morgan fingerprint density at radius 1 is 1.47 bits per heavy atom. The van der Waals surface area contributed by atoms with E-state index in [0.29, 0.717) is 23.0 Å². The minimum atomic E-state index is -0.800. The maximum Gasteiger partial charge on any atom is 0.264 e. The molecule has 1 aromatic rings. The number of hydrogen-bond donors (Lipinski definition) is 2. The first-order chi connectivity index (χ1) is 8.87. The van der Waals surface area contributed by atoms with Crippen molar-refractivity contribution in [2.75, 3.05) is 18.4 Å². The molecule has 2 amide bonds. The Kier molecular flexibility index (Phi) is 3.91. The molecule has 1 aromatic heterocycles. The summed E-state index contributed by atoms with van der Waals surface area (Å²) in [6.07, 6.45) is 1.53. The summed E-state index contributed by atoms with van der Waals surface area (Å²) in [5.41, 5.74) is -0.800. The Balaban J connectivity index is 2.07. The fourth-order valence-electron chi connectivity index (χ4n) is 2.24. The topological polar surface area (TPSA) is 69.6 Å². The van der Waals surface area contributed by atoms with Gasteiger partial charge in [-0.1, -0.05) is 0 Å². The molecule has 1 fully saturated rings. The summed E-state index contributed by atoms with van der Waals surface area (Å²) in [4.78, 5) is 25.5. The quantitative estimate of drug-likeness (QED) is 0.867. The summed E-state index contributed by atoms with van der Waals surface area (Å²) in [7, 11) is 0. The van der Waals surface area contributed by atoms with Gasteiger partial charge in [0.05, 0.1) is 15.5 Å². The number of β-amino-alcohol motifs (C(OH)–C–C–N with tert-alkyl or cyclic N) is 1. The monoisotopic (exact) mass is 282 g/mol. The number of thiophene rings is 1. The summed E-state index contributed by atoms with van der Waals surface area (Å²) >= 11 is 1.26. The second-order valence-corrected chi connectivity index (χ2v) is 6.26. The first kappa shape index (κ1) is 14.0. The summed E-state index contributed by atoms with van der Waals surface area (Å²) < 4.78 is 0. The van der Waals surface area contributed by atoms with Gasteiger partial charge in [0.25, 0.3) is 5.91 Å². The van der Waals surface area contributed by atoms with Crippen LogP contribution in [0.1, 0.15) is 36.4 Å². The Hall–Kier alpha value is -1.40. The summed E-state index contributed by atoms with van der Waals surface area (Å²) in [6, 6.07) is 3.43. The van der Waals surface area contributed by atoms with Crippen LogP contribution in [0.5, 0.6) is 0 Å². The zero-order valence-corrected chi connectivity index (χ0v) is 11.9. The van der Waals surface area contributed by atoms with Gasteiger partial charge in [0.15, 0.2) is 0 Å². The molecule has 0 radical (unpaired) electrons. The fourth-order valence-corrected chi connectivity index (χ4v) is 3.16. The molecule has 5 nitrogen and oxygen atoms in total. The third-order valence-corrected chi connectivity index (χ3v) is 4.07. The van der Waals surface area contributed by atoms with E-state index in [9.17, 15) is 14.7 Å². The molecule has 1 saturated heterocycles. The molecule has 2 heterocycles. The van der Waals surface area contributed by atoms with Crippen molar-refractivity contribution < 1.29 is 14.7 Å². The number of anilines is 1. The van der Waals surface area contributed by atoms with E-state index in [1.165, 1.54) is 18.3 Å². The molecule has 1 aliphatic heterocycles. The number of hydrogen-bond acceptors (Lipinski definition) is 4. The van der Waals surface area contributed by atoms with Crippen molar-refractivity contribution in [1.82, 2.24) is 4.90 Å². The van der Waals surface area contributed by atoms with Gasteiger partial charge in [-0.2, -0.15) is 0 Å². The highest BCUT2D eigenvalue weighted by molar-refractivity contribution is 7.18. The van der Waals surface area contributed by atoms with Crippen molar-refractivity contribution in [2.24, 2.45) is 0 Å². The zero-order valence-electron chi connectivity index (χ0n) is 11.1. The Labute approximate surface area is 116 Å². The molecular formula is C13H18N2O3S. The lowest BCUT2D eigenvalue weighted by Gasteiger charge is -2.36. The number of likely N-dealkylation sites (tertiary alicyclic amines) is 1. The maximum atomic E-state index is 12.3. The highest BCUT2D eigenvalue weighted by Crippen LogP contribution is 2.26. The highest BCUT2D eigenvalue weighted by atomic mass is 32.1. The van der Waals surface area contributed by atoms with Crippen molar-refractivity contribution in [2.45, 2.75) is 32.3 Å². The molecule has 0 aromatic carbocycles. The average molecular weight is 282 g/mol. The van der Waals surface area contributed by atoms with Gasteiger partial charge in [-0.25, -0.2) is 0 Å². The van der Waals surface area contributed by atoms with E-state index in [4.69, 9.17) is 0 Å². The molecule has 0 saturated carbocycles. The van der Waals surface area contributed by atoms with Gasteiger partial charge in [0.2, 0.25) is 5.91 Å². The zero-order chi connectivity index (χ0) is 14.0. The molecule has 6 heteroatoms. The van der Waals surface area contributed by atoms with Crippen LogP contribution < -0.4 is 5.32 Å². The summed E-state index contributed by atoms with van der Waals surface area (Å²) in [5.74, 6) is -0.233. The lowest BCUT2D eigenvalue weighted by molar-refractivity contribution is -0.114. The molecule has 1 atom stereocenters. The first-order valence-corrected chi connectivity index (χ1v) is 7.08. The average Bonchev–Trinajstić information content (AvgIpc) is 2.74. The standard InChI is InChI=1S/C13H18N2O3S/c1-9(16)14-11-5-4-10(19-11)12(17)15-7-3-6-13(2,18)8-15/h4-5,18H,3,6-8H2,1-2H3,(H,14,16). The van der Waals surface area contributed by atoms with E-state index in [1.54, 1.807) is 24.0 Å². The lowest BCUT2D eigenvalue weighted by Crippen LogP contribution is -2.48. The van der Waals surface area contributed by atoms with Gasteiger partial charge in [-0.3, -0.25) is 9.59 Å². The molecule has 19 heavy (non-hydrogen) atoms. The van der Waals surface area contributed by atoms with E-state index >= 15 is 0 Å². The lowest BCUT2D eigenvalue weighted by atomic mass is 9.95. The molecule has 1 unspecified atom stereocenters. The van der Waals surface area contributed by atoms with Crippen LogP contribution in [0.2, 0.25) is 0 Å². The van der Waals surface area contributed by atoms with E-state index in [0.717, 1.165) is 12.8 Å². The van der Waals surface area contributed by atoms with Gasteiger partial charge in [0, 0.05) is 20.0 Å². The van der Waals surface area contributed by atoms with Crippen LogP contribution in [0, 0.1) is 0 Å². The molecule has 0 spiro atoms. The molecule has 104 valence electrons. The predicted molar refractivity (Wildman–Crippen MR) is 74.4 cm³/mol. The van der Waals surface area contributed by atoms with Crippen molar-refractivity contribution in [3.63, 3.8) is 0 Å². The molecule has 0 aliphatic carbocycles. The predicted octanol–water partition coefficient (Wildman–Crippen LogP) is 1.69. The van der Waals surface area contributed by atoms with E-state index in [-0.39, 0.29) is 11.8 Å². The number of carbonyl (C=O) groups is 2. The van der Waals surface area contributed by atoms with Crippen LogP contribution in [0.15, 0.2) is 12.1 Å². The van der Waals surface area contributed by atoms with Crippen molar-refractivity contribution in [3.8, 4) is 0 Å². The Morgan fingerprint density at radius 2 is 2.21 bits per heavy atom. The minimum absolute atomic E-state index is 0.0819. The van der Waals surface area contributed by atoms with E-state index in [1.807, 2.05) is 0 Å². The number of aliphatic hydroxyl groups is 1. The maximum absolute atomic E-state index is 12.3. The normalized spacial score (nSPS) is 23.2. The summed E-state index contributed by atoms with van der Waals surface area (Å²) in [6.45, 7) is 4.22. The largest absolute Gasteiger partial charge is 0.388 e. The molecule has 2 N–H and O–H groups in total. The van der Waals surface area contributed by atoms with E-state index < -0.39 is 5.60 Å². The van der Waals surface area contributed by atoms with Crippen LogP contribution in [-0.2, 0) is 4.79 Å². The number of nitrogens with zero attached hydrogens (tertiary/aromatic N) is 1. The third kappa shape index (κ3) is 3.54. The van der Waals surface area contributed by atoms with E-state index in [2.05, 4.69) is 5.32 Å². The first-order valence-electron chi connectivity index (χ1n) is 6.26. The van der Waals surface area contributed by atoms with Crippen molar-refractivity contribution in [3.05, 3.63) is 17.0 Å². The van der Waals surface area contributed by atoms with Crippen LogP contribution in [0.25, 0.3) is 0 Å². The number of amides is 2.